The third-order valence-corrected chi connectivity index (χ3v) is 13.3. The van der Waals surface area contributed by atoms with E-state index in [2.05, 4.69) is 42.2 Å². The first-order valence-electron chi connectivity index (χ1n) is 18.1. The molecule has 1 aromatic heterocycles. The number of carbonyl (C=O) groups is 2. The van der Waals surface area contributed by atoms with E-state index in [4.69, 9.17) is 30.5 Å². The number of anilines is 1. The first-order valence-corrected chi connectivity index (χ1v) is 20.2. The third kappa shape index (κ3) is 7.61. The molecule has 3 aromatic rings. The van der Waals surface area contributed by atoms with E-state index in [1.807, 2.05) is 19.1 Å². The van der Waals surface area contributed by atoms with Gasteiger partial charge in [0.25, 0.3) is 11.8 Å². The van der Waals surface area contributed by atoms with Gasteiger partial charge in [0.2, 0.25) is 5.88 Å². The highest BCUT2D eigenvalue weighted by atomic mass is 35.5. The van der Waals surface area contributed by atoms with Crippen LogP contribution in [-0.4, -0.2) is 78.9 Å². The number of hydrogen-bond donors (Lipinski definition) is 1. The van der Waals surface area contributed by atoms with Gasteiger partial charge in [-0.2, -0.15) is 4.98 Å². The maximum atomic E-state index is 14.6. The summed E-state index contributed by atoms with van der Waals surface area (Å²) in [6, 6.07) is 11.4. The highest BCUT2D eigenvalue weighted by Crippen LogP contribution is 2.47. The summed E-state index contributed by atoms with van der Waals surface area (Å²) in [5, 5.41) is 0.727. The maximum absolute atomic E-state index is 14.6. The summed E-state index contributed by atoms with van der Waals surface area (Å²) in [7, 11) is 0.817. The normalized spacial score (nSPS) is 28.9. The number of nitrogens with one attached hydrogen (secondary N) is 1. The number of nitrogens with zero attached hydrogens (tertiary/aromatic N) is 4. The molecule has 53 heavy (non-hydrogen) atoms. The van der Waals surface area contributed by atoms with Crippen molar-refractivity contribution in [2.45, 2.75) is 57.0 Å². The summed E-state index contributed by atoms with van der Waals surface area (Å²) in [6.45, 7) is 3.84. The van der Waals surface area contributed by atoms with Crippen LogP contribution < -0.4 is 23.8 Å². The molecule has 3 heterocycles. The van der Waals surface area contributed by atoms with Gasteiger partial charge in [0.1, 0.15) is 21.2 Å². The largest absolute Gasteiger partial charge is 0.490 e. The fraction of sp³-hybridized carbons (Fsp3) is 0.487. The summed E-state index contributed by atoms with van der Waals surface area (Å²) in [5.74, 6) is -0.512. The number of carbonyl (C=O) groups excluding carboxylic acids is 2. The lowest BCUT2D eigenvalue weighted by Crippen LogP contribution is -2.49. The highest BCUT2D eigenvalue weighted by molar-refractivity contribution is 7.92. The second kappa shape index (κ2) is 15.3. The zero-order chi connectivity index (χ0) is 37.3. The van der Waals surface area contributed by atoms with Crippen molar-refractivity contribution in [1.29, 1.82) is 0 Å². The topological polar surface area (TPSA) is 142 Å². The average molecular weight is 764 g/mol. The number of allylic oxidation sites excluding steroid dienone is 1. The molecule has 2 aromatic carbocycles. The lowest BCUT2D eigenvalue weighted by Gasteiger charge is -2.46. The Balaban J connectivity index is 1.30. The van der Waals surface area contributed by atoms with Gasteiger partial charge in [-0.1, -0.05) is 36.7 Å². The molecule has 7 rings (SSSR count). The van der Waals surface area contributed by atoms with Gasteiger partial charge in [-0.25, -0.2) is 9.19 Å². The number of hydrogen-bond acceptors (Lipinski definition) is 10. The molecule has 2 bridgehead atoms. The Bertz CT molecular complexity index is 2050. The van der Waals surface area contributed by atoms with Crippen LogP contribution in [0.3, 0.4) is 0 Å². The molecule has 2 aliphatic carbocycles. The van der Waals surface area contributed by atoms with Gasteiger partial charge < -0.3 is 23.8 Å². The molecule has 1 spiro atoms. The number of benzene rings is 2. The summed E-state index contributed by atoms with van der Waals surface area (Å²) in [5.41, 5.74) is 3.18. The van der Waals surface area contributed by atoms with Crippen LogP contribution in [0, 0.1) is 17.8 Å². The number of aromatic nitrogens is 2. The smallest absolute Gasteiger partial charge is 0.319 e. The fourth-order valence-corrected chi connectivity index (χ4v) is 10.4. The van der Waals surface area contributed by atoms with Crippen molar-refractivity contribution >= 4 is 39.0 Å². The molecular formula is C39H46ClN5O7S. The standard InChI is InChI=1S/C39H46ClN5O7S/c1-24-7-5-9-33(49-2)29-13-10-27(29)20-45-22-39(16-6-8-25-17-28(40)12-14-31(25)39)23-52-34-15-11-26(18-32(34)45)35(46)43-53(48,21-24)44-36(47)30-19-41-38(51-4)42-37(30)50-3/h5,9,11-12,14-15,17-19,24,27,29,33H,6-8,10,13,16,20-23H2,1-4H3,(H,43,44,46,47,48)/b9-5+/t24-,27-,29+,33-,39-,53-/m0/s1. The van der Waals surface area contributed by atoms with Crippen LogP contribution in [0.1, 0.15) is 70.9 Å². The lowest BCUT2D eigenvalue weighted by molar-refractivity contribution is 0.0131. The predicted octanol–water partition coefficient (Wildman–Crippen LogP) is 6.21. The number of halogens is 1. The van der Waals surface area contributed by atoms with Crippen LogP contribution >= 0.6 is 11.6 Å². The second-order valence-corrected chi connectivity index (χ2v) is 17.1. The summed E-state index contributed by atoms with van der Waals surface area (Å²) < 4.78 is 44.5. The molecule has 0 radical (unpaired) electrons. The highest BCUT2D eigenvalue weighted by Gasteiger charge is 2.44. The zero-order valence-electron chi connectivity index (χ0n) is 30.5. The molecular weight excluding hydrogens is 718 g/mol. The monoisotopic (exact) mass is 763 g/mol. The van der Waals surface area contributed by atoms with Crippen LogP contribution in [0.5, 0.6) is 17.6 Å². The van der Waals surface area contributed by atoms with Gasteiger partial charge in [-0.05, 0) is 97.7 Å². The second-order valence-electron chi connectivity index (χ2n) is 14.7. The van der Waals surface area contributed by atoms with Gasteiger partial charge in [0.05, 0.1) is 44.6 Å². The van der Waals surface area contributed by atoms with Crippen LogP contribution in [0.2, 0.25) is 5.02 Å². The minimum atomic E-state index is -3.67. The molecule has 1 fully saturated rings. The molecule has 12 nitrogen and oxygen atoms in total. The first kappa shape index (κ1) is 37.1. The number of aryl methyl sites for hydroxylation is 1. The Labute approximate surface area is 315 Å². The quantitative estimate of drug-likeness (QED) is 0.298. The minimum absolute atomic E-state index is 0.000557. The van der Waals surface area contributed by atoms with Gasteiger partial charge >= 0.3 is 6.01 Å². The van der Waals surface area contributed by atoms with Crippen LogP contribution in [0.25, 0.3) is 0 Å². The summed E-state index contributed by atoms with van der Waals surface area (Å²) >= 11 is 6.46. The lowest BCUT2D eigenvalue weighted by atomic mass is 9.68. The van der Waals surface area contributed by atoms with E-state index in [0.29, 0.717) is 37.2 Å². The SMILES string of the molecule is COc1ncc(C(=O)N[S@@]2(=O)=NC(=O)c3ccc4c(c3)N(C[C@@H]3CC[C@H]3[C@@H](OC)/C=C/C[C@H](C)C2)C[C@@]2(CCCc3cc(Cl)ccc32)CO4)c(OC)n1. The van der Waals surface area contributed by atoms with E-state index in [0.717, 1.165) is 49.4 Å². The molecule has 0 unspecified atom stereocenters. The fourth-order valence-electron chi connectivity index (χ4n) is 8.33. The van der Waals surface area contributed by atoms with E-state index >= 15 is 0 Å². The number of rotatable bonds is 5. The summed E-state index contributed by atoms with van der Waals surface area (Å²) in [4.78, 5) is 38.1. The molecule has 1 N–H and O–H groups in total. The molecule has 2 amide bonds. The predicted molar refractivity (Wildman–Crippen MR) is 203 cm³/mol. The van der Waals surface area contributed by atoms with E-state index in [1.54, 1.807) is 25.3 Å². The maximum Gasteiger partial charge on any atom is 0.319 e. The minimum Gasteiger partial charge on any atom is -0.490 e. The molecule has 0 saturated heterocycles. The molecule has 2 aliphatic heterocycles. The van der Waals surface area contributed by atoms with Crippen molar-refractivity contribution < 1.29 is 32.7 Å². The van der Waals surface area contributed by atoms with Gasteiger partial charge in [0, 0.05) is 36.2 Å². The van der Waals surface area contributed by atoms with Crippen molar-refractivity contribution in [3.8, 4) is 17.6 Å². The zero-order valence-corrected chi connectivity index (χ0v) is 32.1. The van der Waals surface area contributed by atoms with Gasteiger partial charge in [0.15, 0.2) is 0 Å². The first-order chi connectivity index (χ1) is 25.5. The number of ether oxygens (including phenoxy) is 4. The average Bonchev–Trinajstić information content (AvgIpc) is 3.28. The molecule has 14 heteroatoms. The molecule has 4 aliphatic rings. The van der Waals surface area contributed by atoms with Crippen molar-refractivity contribution in [2.24, 2.45) is 22.1 Å². The molecule has 6 atom stereocenters. The van der Waals surface area contributed by atoms with Gasteiger partial charge in [-0.15, -0.1) is 4.36 Å². The number of fused-ring (bicyclic) bond motifs is 4. The third-order valence-electron chi connectivity index (χ3n) is 11.1. The van der Waals surface area contributed by atoms with Crippen molar-refractivity contribution in [3.63, 3.8) is 0 Å². The number of methoxy groups -OCH3 is 3. The van der Waals surface area contributed by atoms with E-state index in [9.17, 15) is 13.8 Å². The molecule has 1 saturated carbocycles. The Hall–Kier alpha value is -4.20. The molecule has 282 valence electrons. The van der Waals surface area contributed by atoms with Crippen molar-refractivity contribution in [2.75, 3.05) is 51.7 Å². The Morgan fingerprint density at radius 2 is 1.98 bits per heavy atom. The number of amides is 2. The van der Waals surface area contributed by atoms with Crippen LogP contribution in [-0.2, 0) is 26.5 Å². The van der Waals surface area contributed by atoms with E-state index < -0.39 is 21.7 Å². The Morgan fingerprint density at radius 1 is 1.13 bits per heavy atom. The van der Waals surface area contributed by atoms with Crippen molar-refractivity contribution in [3.05, 3.63) is 82.0 Å². The van der Waals surface area contributed by atoms with E-state index in [-0.39, 0.29) is 46.2 Å². The van der Waals surface area contributed by atoms with Crippen LogP contribution in [0.4, 0.5) is 5.69 Å². The van der Waals surface area contributed by atoms with E-state index in [1.165, 1.54) is 31.5 Å². The Kier molecular flexibility index (Phi) is 10.7. The van der Waals surface area contributed by atoms with Crippen molar-refractivity contribution in [1.82, 2.24) is 14.7 Å². The Morgan fingerprint density at radius 3 is 2.74 bits per heavy atom. The van der Waals surface area contributed by atoms with Gasteiger partial charge in [-0.3, -0.25) is 14.3 Å². The van der Waals surface area contributed by atoms with Crippen LogP contribution in [0.15, 0.2) is 59.1 Å². The summed E-state index contributed by atoms with van der Waals surface area (Å²) in [6.07, 6.45) is 10.9.